The summed E-state index contributed by atoms with van der Waals surface area (Å²) < 4.78 is 52.5. The minimum atomic E-state index is -3.84. The van der Waals surface area contributed by atoms with Gasteiger partial charge in [-0.15, -0.1) is 11.3 Å². The first-order valence-corrected chi connectivity index (χ1v) is 13.6. The number of carbonyl (C=O) groups excluding carboxylic acids is 2. The molecular weight excluding hydrogens is 488 g/mol. The predicted molar refractivity (Wildman–Crippen MR) is 127 cm³/mol. The fourth-order valence-corrected chi connectivity index (χ4v) is 5.41. The summed E-state index contributed by atoms with van der Waals surface area (Å²) >= 11 is 1.13. The van der Waals surface area contributed by atoms with Crippen LogP contribution in [0.15, 0.2) is 65.0 Å². The third-order valence-corrected chi connectivity index (χ3v) is 7.64. The minimum absolute atomic E-state index is 0.0329. The van der Waals surface area contributed by atoms with Crippen LogP contribution in [-0.4, -0.2) is 46.3 Å². The maximum absolute atomic E-state index is 12.5. The van der Waals surface area contributed by atoms with Crippen molar-refractivity contribution >= 4 is 59.6 Å². The molecule has 33 heavy (non-hydrogen) atoms. The first kappa shape index (κ1) is 24.4. The number of nitrogens with one attached hydrogen (secondary N) is 2. The number of rotatable bonds is 9. The molecule has 0 aliphatic carbocycles. The molecule has 13 heteroatoms. The lowest BCUT2D eigenvalue weighted by Crippen LogP contribution is -2.37. The molecule has 0 aliphatic rings. The van der Waals surface area contributed by atoms with E-state index in [1.807, 2.05) is 0 Å². The number of hydrogen-bond acceptors (Lipinski definition) is 8. The Morgan fingerprint density at radius 2 is 1.76 bits per heavy atom. The van der Waals surface area contributed by atoms with E-state index in [2.05, 4.69) is 15.0 Å². The number of carbonyl (C=O) groups is 2. The molecule has 0 atom stereocenters. The van der Waals surface area contributed by atoms with Gasteiger partial charge in [0.1, 0.15) is 6.54 Å². The van der Waals surface area contributed by atoms with E-state index in [0.717, 1.165) is 21.9 Å². The molecular formula is C20H20N4O6S3. The number of ketones is 1. The molecule has 174 valence electrons. The van der Waals surface area contributed by atoms with Crippen LogP contribution in [0, 0.1) is 0 Å². The van der Waals surface area contributed by atoms with Crippen molar-refractivity contribution in [3.8, 4) is 0 Å². The van der Waals surface area contributed by atoms with Gasteiger partial charge in [0, 0.05) is 22.8 Å². The summed E-state index contributed by atoms with van der Waals surface area (Å²) in [5.41, 5.74) is 0.763. The topological polar surface area (TPSA) is 143 Å². The molecule has 0 aliphatic heterocycles. The van der Waals surface area contributed by atoms with E-state index >= 15 is 0 Å². The van der Waals surface area contributed by atoms with Crippen LogP contribution < -0.4 is 14.3 Å². The summed E-state index contributed by atoms with van der Waals surface area (Å²) in [5.74, 6) is -0.890. The van der Waals surface area contributed by atoms with Crippen LogP contribution in [0.4, 0.5) is 16.5 Å². The molecule has 0 bridgehead atoms. The molecule has 1 heterocycles. The molecule has 0 saturated heterocycles. The van der Waals surface area contributed by atoms with Crippen LogP contribution >= 0.6 is 11.3 Å². The van der Waals surface area contributed by atoms with Crippen molar-refractivity contribution < 1.29 is 26.4 Å². The zero-order chi connectivity index (χ0) is 24.2. The number of aromatic nitrogens is 1. The van der Waals surface area contributed by atoms with Gasteiger partial charge in [0.2, 0.25) is 15.9 Å². The lowest BCUT2D eigenvalue weighted by molar-refractivity contribution is -0.114. The first-order valence-electron chi connectivity index (χ1n) is 9.37. The average molecular weight is 509 g/mol. The van der Waals surface area contributed by atoms with Crippen molar-refractivity contribution in [3.05, 3.63) is 65.7 Å². The highest BCUT2D eigenvalue weighted by Crippen LogP contribution is 2.21. The molecule has 0 radical (unpaired) electrons. The van der Waals surface area contributed by atoms with E-state index in [1.54, 1.807) is 11.4 Å². The van der Waals surface area contributed by atoms with Gasteiger partial charge in [-0.25, -0.2) is 21.8 Å². The van der Waals surface area contributed by atoms with Crippen LogP contribution in [0.5, 0.6) is 0 Å². The highest BCUT2D eigenvalue weighted by atomic mass is 32.2. The summed E-state index contributed by atoms with van der Waals surface area (Å²) in [6.45, 7) is 0.818. The van der Waals surface area contributed by atoms with Gasteiger partial charge in [-0.05, 0) is 43.3 Å². The normalized spacial score (nSPS) is 11.6. The van der Waals surface area contributed by atoms with Crippen LogP contribution in [0.25, 0.3) is 0 Å². The highest BCUT2D eigenvalue weighted by molar-refractivity contribution is 7.93. The fraction of sp³-hybridized carbons (Fsp3) is 0.150. The van der Waals surface area contributed by atoms with E-state index in [9.17, 15) is 26.4 Å². The quantitative estimate of drug-likeness (QED) is 0.423. The van der Waals surface area contributed by atoms with Crippen molar-refractivity contribution in [1.29, 1.82) is 0 Å². The summed E-state index contributed by atoms with van der Waals surface area (Å²) in [6.07, 6.45) is 2.42. The molecule has 2 N–H and O–H groups in total. The Morgan fingerprint density at radius 1 is 1.06 bits per heavy atom. The number of thiazole rings is 1. The van der Waals surface area contributed by atoms with E-state index in [4.69, 9.17) is 0 Å². The number of nitrogens with zero attached hydrogens (tertiary/aromatic N) is 2. The summed E-state index contributed by atoms with van der Waals surface area (Å²) in [7, 11) is -7.67. The van der Waals surface area contributed by atoms with E-state index in [1.165, 1.54) is 55.6 Å². The number of amides is 1. The van der Waals surface area contributed by atoms with Gasteiger partial charge in [-0.3, -0.25) is 18.6 Å². The van der Waals surface area contributed by atoms with E-state index < -0.39 is 32.5 Å². The standard InChI is InChI=1S/C20H20N4O6S3/c1-14(25)15-4-3-5-17(12-15)24(32(2,27)28)13-19(26)22-16-6-8-18(9-7-16)33(29,30)23-20-21-10-11-31-20/h3-12H,13H2,1-2H3,(H,21,23)(H,22,26). The van der Waals surface area contributed by atoms with Gasteiger partial charge in [-0.1, -0.05) is 12.1 Å². The Morgan fingerprint density at radius 3 is 2.33 bits per heavy atom. The number of Topliss-reactive ketones (excluding diaryl/α,β-unsaturated/α-hetero) is 1. The average Bonchev–Trinajstić information content (AvgIpc) is 3.24. The van der Waals surface area contributed by atoms with Crippen LogP contribution in [0.2, 0.25) is 0 Å². The van der Waals surface area contributed by atoms with Crippen molar-refractivity contribution in [2.45, 2.75) is 11.8 Å². The second-order valence-electron chi connectivity index (χ2n) is 6.89. The third kappa shape index (κ3) is 6.37. The van der Waals surface area contributed by atoms with Crippen molar-refractivity contribution in [2.75, 3.05) is 27.1 Å². The Hall–Kier alpha value is -3.29. The SMILES string of the molecule is CC(=O)c1cccc(N(CC(=O)Nc2ccc(S(=O)(=O)Nc3nccs3)cc2)S(C)(=O)=O)c1. The molecule has 3 rings (SSSR count). The molecule has 3 aromatic rings. The number of hydrogen-bond donors (Lipinski definition) is 2. The van der Waals surface area contributed by atoms with Gasteiger partial charge in [0.25, 0.3) is 10.0 Å². The van der Waals surface area contributed by atoms with Gasteiger partial charge < -0.3 is 5.32 Å². The second kappa shape index (κ2) is 9.68. The summed E-state index contributed by atoms with van der Waals surface area (Å²) in [4.78, 5) is 28.0. The molecule has 0 saturated carbocycles. The van der Waals surface area contributed by atoms with Crippen LogP contribution in [0.1, 0.15) is 17.3 Å². The molecule has 2 aromatic carbocycles. The maximum Gasteiger partial charge on any atom is 0.263 e. The Balaban J connectivity index is 1.73. The molecule has 1 amide bonds. The first-order chi connectivity index (χ1) is 15.5. The highest BCUT2D eigenvalue weighted by Gasteiger charge is 2.22. The third-order valence-electron chi connectivity index (χ3n) is 4.33. The lowest BCUT2D eigenvalue weighted by atomic mass is 10.1. The second-order valence-corrected chi connectivity index (χ2v) is 11.4. The molecule has 0 fully saturated rings. The van der Waals surface area contributed by atoms with Gasteiger partial charge in [0.15, 0.2) is 10.9 Å². The van der Waals surface area contributed by atoms with Crippen LogP contribution in [-0.2, 0) is 24.8 Å². The summed E-state index contributed by atoms with van der Waals surface area (Å²) in [6, 6.07) is 11.3. The van der Waals surface area contributed by atoms with Crippen LogP contribution in [0.3, 0.4) is 0 Å². The predicted octanol–water partition coefficient (Wildman–Crippen LogP) is 2.55. The lowest BCUT2D eigenvalue weighted by Gasteiger charge is -2.22. The number of anilines is 3. The molecule has 0 spiro atoms. The zero-order valence-corrected chi connectivity index (χ0v) is 20.0. The fourth-order valence-electron chi connectivity index (χ4n) is 2.78. The Bertz CT molecular complexity index is 1370. The Labute approximate surface area is 195 Å². The molecule has 1 aromatic heterocycles. The smallest absolute Gasteiger partial charge is 0.263 e. The van der Waals surface area contributed by atoms with E-state index in [0.29, 0.717) is 5.56 Å². The maximum atomic E-state index is 12.5. The number of sulfonamides is 2. The van der Waals surface area contributed by atoms with Crippen molar-refractivity contribution in [3.63, 3.8) is 0 Å². The Kier molecular flexibility index (Phi) is 7.15. The largest absolute Gasteiger partial charge is 0.325 e. The van der Waals surface area contributed by atoms with Gasteiger partial charge in [-0.2, -0.15) is 0 Å². The monoisotopic (exact) mass is 508 g/mol. The van der Waals surface area contributed by atoms with Gasteiger partial charge >= 0.3 is 0 Å². The molecule has 0 unspecified atom stereocenters. The number of benzene rings is 2. The van der Waals surface area contributed by atoms with Gasteiger partial charge in [0.05, 0.1) is 16.8 Å². The summed E-state index contributed by atoms with van der Waals surface area (Å²) in [5, 5.41) is 4.39. The molecule has 10 nitrogen and oxygen atoms in total. The van der Waals surface area contributed by atoms with Crippen molar-refractivity contribution in [1.82, 2.24) is 4.98 Å². The van der Waals surface area contributed by atoms with E-state index in [-0.39, 0.29) is 27.2 Å². The zero-order valence-electron chi connectivity index (χ0n) is 17.5. The van der Waals surface area contributed by atoms with Crippen molar-refractivity contribution in [2.24, 2.45) is 0 Å². The minimum Gasteiger partial charge on any atom is -0.325 e.